The van der Waals surface area contributed by atoms with Gasteiger partial charge in [0.2, 0.25) is 0 Å². The van der Waals surface area contributed by atoms with Crippen molar-refractivity contribution in [3.63, 3.8) is 0 Å². The van der Waals surface area contributed by atoms with Crippen LogP contribution in [0.4, 0.5) is 0 Å². The topological polar surface area (TPSA) is 75.6 Å². The standard InChI is InChI=1S/C11H16N4S/c1-9-6-14-10(15-7-9)16-5-3-4-11(2,13)8-12/h6-7H,3-5,13H2,1-2H3. The second-order valence-electron chi connectivity index (χ2n) is 4.02. The summed E-state index contributed by atoms with van der Waals surface area (Å²) >= 11 is 1.59. The molecule has 0 saturated carbocycles. The predicted molar refractivity (Wildman–Crippen MR) is 64.9 cm³/mol. The first-order valence-electron chi connectivity index (χ1n) is 5.15. The number of nitrogens with two attached hydrogens (primary N) is 1. The van der Waals surface area contributed by atoms with E-state index in [4.69, 9.17) is 11.0 Å². The van der Waals surface area contributed by atoms with Crippen molar-refractivity contribution in [2.24, 2.45) is 5.73 Å². The van der Waals surface area contributed by atoms with E-state index in [0.29, 0.717) is 6.42 Å². The van der Waals surface area contributed by atoms with Crippen molar-refractivity contribution in [1.82, 2.24) is 9.97 Å². The Labute approximate surface area is 100 Å². The van der Waals surface area contributed by atoms with E-state index in [-0.39, 0.29) is 0 Å². The van der Waals surface area contributed by atoms with E-state index in [0.717, 1.165) is 22.9 Å². The van der Waals surface area contributed by atoms with Gasteiger partial charge in [0.1, 0.15) is 5.54 Å². The normalized spacial score (nSPS) is 14.1. The molecule has 5 heteroatoms. The summed E-state index contributed by atoms with van der Waals surface area (Å²) in [4.78, 5) is 8.38. The van der Waals surface area contributed by atoms with Gasteiger partial charge in [0.05, 0.1) is 6.07 Å². The molecule has 0 aliphatic carbocycles. The molecule has 1 atom stereocenters. The first-order valence-corrected chi connectivity index (χ1v) is 6.14. The first-order chi connectivity index (χ1) is 7.53. The molecular formula is C11H16N4S. The molecule has 86 valence electrons. The summed E-state index contributed by atoms with van der Waals surface area (Å²) in [5, 5.41) is 9.51. The Hall–Kier alpha value is -1.12. The molecule has 0 spiro atoms. The molecule has 4 nitrogen and oxygen atoms in total. The molecule has 0 amide bonds. The van der Waals surface area contributed by atoms with Gasteiger partial charge >= 0.3 is 0 Å². The summed E-state index contributed by atoms with van der Waals surface area (Å²) in [7, 11) is 0. The van der Waals surface area contributed by atoms with Crippen LogP contribution in [0.3, 0.4) is 0 Å². The fourth-order valence-electron chi connectivity index (χ4n) is 1.11. The van der Waals surface area contributed by atoms with E-state index in [1.807, 2.05) is 6.92 Å². The number of nitriles is 1. The molecule has 0 aliphatic rings. The predicted octanol–water partition coefficient (Wildman–Crippen LogP) is 1.90. The lowest BCUT2D eigenvalue weighted by Crippen LogP contribution is -2.33. The van der Waals surface area contributed by atoms with Crippen molar-refractivity contribution in [2.75, 3.05) is 5.75 Å². The molecule has 2 N–H and O–H groups in total. The second-order valence-corrected chi connectivity index (χ2v) is 5.09. The SMILES string of the molecule is Cc1cnc(SCCCC(C)(N)C#N)nc1. The molecule has 1 unspecified atom stereocenters. The fourth-order valence-corrected chi connectivity index (χ4v) is 1.84. The van der Waals surface area contributed by atoms with Crippen LogP contribution in [0.2, 0.25) is 0 Å². The van der Waals surface area contributed by atoms with Crippen molar-refractivity contribution in [2.45, 2.75) is 37.4 Å². The lowest BCUT2D eigenvalue weighted by atomic mass is 10.0. The second kappa shape index (κ2) is 5.83. The molecule has 1 rings (SSSR count). The van der Waals surface area contributed by atoms with Gasteiger partial charge in [0.25, 0.3) is 0 Å². The highest BCUT2D eigenvalue weighted by Gasteiger charge is 2.16. The van der Waals surface area contributed by atoms with E-state index in [9.17, 15) is 0 Å². The molecule has 0 saturated heterocycles. The zero-order valence-electron chi connectivity index (χ0n) is 9.60. The van der Waals surface area contributed by atoms with Crippen LogP contribution in [-0.2, 0) is 0 Å². The Morgan fingerprint density at radius 3 is 2.69 bits per heavy atom. The van der Waals surface area contributed by atoms with Gasteiger partial charge in [0, 0.05) is 18.1 Å². The summed E-state index contributed by atoms with van der Waals surface area (Å²) in [6, 6.07) is 2.08. The van der Waals surface area contributed by atoms with Gasteiger partial charge in [-0.1, -0.05) is 11.8 Å². The third-order valence-electron chi connectivity index (χ3n) is 2.08. The Bertz CT molecular complexity index is 367. The minimum atomic E-state index is -0.714. The molecule has 1 heterocycles. The first kappa shape index (κ1) is 12.9. The number of nitrogens with zero attached hydrogens (tertiary/aromatic N) is 3. The fraction of sp³-hybridized carbons (Fsp3) is 0.545. The molecule has 1 aromatic heterocycles. The molecule has 0 radical (unpaired) electrons. The van der Waals surface area contributed by atoms with E-state index >= 15 is 0 Å². The molecule has 0 aromatic carbocycles. The van der Waals surface area contributed by atoms with Gasteiger partial charge in [-0.2, -0.15) is 5.26 Å². The number of aryl methyl sites for hydroxylation is 1. The van der Waals surface area contributed by atoms with Gasteiger partial charge in [-0.05, 0) is 32.3 Å². The summed E-state index contributed by atoms with van der Waals surface area (Å²) in [5.74, 6) is 0.886. The van der Waals surface area contributed by atoms with Crippen molar-refractivity contribution in [3.05, 3.63) is 18.0 Å². The van der Waals surface area contributed by atoms with E-state index in [1.165, 1.54) is 0 Å². The van der Waals surface area contributed by atoms with Crippen LogP contribution in [0.15, 0.2) is 17.6 Å². The summed E-state index contributed by atoms with van der Waals surface area (Å²) in [5.41, 5.74) is 6.06. The minimum Gasteiger partial charge on any atom is -0.314 e. The van der Waals surface area contributed by atoms with Crippen LogP contribution in [0, 0.1) is 18.3 Å². The van der Waals surface area contributed by atoms with Crippen LogP contribution >= 0.6 is 11.8 Å². The third-order valence-corrected chi connectivity index (χ3v) is 3.05. The molecular weight excluding hydrogens is 220 g/mol. The zero-order valence-corrected chi connectivity index (χ0v) is 10.4. The van der Waals surface area contributed by atoms with Crippen LogP contribution in [-0.4, -0.2) is 21.3 Å². The van der Waals surface area contributed by atoms with Gasteiger partial charge < -0.3 is 5.73 Å². The number of rotatable bonds is 5. The maximum Gasteiger partial charge on any atom is 0.187 e. The average Bonchev–Trinajstić information content (AvgIpc) is 2.27. The monoisotopic (exact) mass is 236 g/mol. The summed E-state index contributed by atoms with van der Waals surface area (Å²) in [6.45, 7) is 3.71. The molecule has 16 heavy (non-hydrogen) atoms. The van der Waals surface area contributed by atoms with Crippen molar-refractivity contribution >= 4 is 11.8 Å². The molecule has 0 fully saturated rings. The van der Waals surface area contributed by atoms with Crippen LogP contribution in [0.25, 0.3) is 0 Å². The average molecular weight is 236 g/mol. The third kappa shape index (κ3) is 4.60. The highest BCUT2D eigenvalue weighted by atomic mass is 32.2. The van der Waals surface area contributed by atoms with Gasteiger partial charge in [-0.15, -0.1) is 0 Å². The zero-order chi connectivity index (χ0) is 12.0. The molecule has 0 bridgehead atoms. The number of hydrogen-bond donors (Lipinski definition) is 1. The highest BCUT2D eigenvalue weighted by molar-refractivity contribution is 7.99. The molecule has 1 aromatic rings. The Kier molecular flexibility index (Phi) is 4.71. The van der Waals surface area contributed by atoms with E-state index < -0.39 is 5.54 Å². The number of aromatic nitrogens is 2. The lowest BCUT2D eigenvalue weighted by molar-refractivity contribution is 0.540. The summed E-state index contributed by atoms with van der Waals surface area (Å²) in [6.07, 6.45) is 5.19. The van der Waals surface area contributed by atoms with E-state index in [1.54, 1.807) is 31.1 Å². The van der Waals surface area contributed by atoms with Crippen molar-refractivity contribution < 1.29 is 0 Å². The van der Waals surface area contributed by atoms with Crippen molar-refractivity contribution in [3.8, 4) is 6.07 Å². The maximum atomic E-state index is 8.73. The quantitative estimate of drug-likeness (QED) is 0.480. The molecule has 0 aliphatic heterocycles. The van der Waals surface area contributed by atoms with Gasteiger partial charge in [-0.3, -0.25) is 0 Å². The summed E-state index contributed by atoms with van der Waals surface area (Å²) < 4.78 is 0. The largest absolute Gasteiger partial charge is 0.314 e. The van der Waals surface area contributed by atoms with Gasteiger partial charge in [0.15, 0.2) is 5.16 Å². The van der Waals surface area contributed by atoms with E-state index in [2.05, 4.69) is 16.0 Å². The lowest BCUT2D eigenvalue weighted by Gasteiger charge is -2.13. The van der Waals surface area contributed by atoms with Crippen LogP contribution in [0.1, 0.15) is 25.3 Å². The van der Waals surface area contributed by atoms with Crippen LogP contribution in [0.5, 0.6) is 0 Å². The Morgan fingerprint density at radius 1 is 1.50 bits per heavy atom. The Balaban J connectivity index is 2.27. The number of hydrogen-bond acceptors (Lipinski definition) is 5. The van der Waals surface area contributed by atoms with Gasteiger partial charge in [-0.25, -0.2) is 9.97 Å². The van der Waals surface area contributed by atoms with Crippen LogP contribution < -0.4 is 5.73 Å². The highest BCUT2D eigenvalue weighted by Crippen LogP contribution is 2.16. The maximum absolute atomic E-state index is 8.73. The van der Waals surface area contributed by atoms with Crippen molar-refractivity contribution in [1.29, 1.82) is 5.26 Å². The minimum absolute atomic E-state index is 0.697. The number of thioether (sulfide) groups is 1. The smallest absolute Gasteiger partial charge is 0.187 e. The Morgan fingerprint density at radius 2 is 2.12 bits per heavy atom.